The summed E-state index contributed by atoms with van der Waals surface area (Å²) in [6.45, 7) is 11.4. The SMILES string of the molecule is CN=C(NCCn1ccnc1)NCC(C)(C)NC(=O)OC(C)(C)C.I. The summed E-state index contributed by atoms with van der Waals surface area (Å²) >= 11 is 0. The minimum atomic E-state index is -0.515. The van der Waals surface area contributed by atoms with Crippen molar-refractivity contribution in [3.63, 3.8) is 0 Å². The molecule has 0 aliphatic carbocycles. The molecule has 0 saturated heterocycles. The molecular weight excluding hydrogens is 435 g/mol. The predicted octanol–water partition coefficient (Wildman–Crippen LogP) is 1.97. The van der Waals surface area contributed by atoms with Gasteiger partial charge in [0.1, 0.15) is 5.60 Å². The highest BCUT2D eigenvalue weighted by Crippen LogP contribution is 2.09. The largest absolute Gasteiger partial charge is 0.444 e. The van der Waals surface area contributed by atoms with Crippen LogP contribution in [0.1, 0.15) is 34.6 Å². The van der Waals surface area contributed by atoms with E-state index in [0.29, 0.717) is 12.5 Å². The molecule has 0 aromatic carbocycles. The molecule has 0 saturated carbocycles. The molecule has 0 atom stereocenters. The summed E-state index contributed by atoms with van der Waals surface area (Å²) in [6.07, 6.45) is 4.99. The second-order valence-corrected chi connectivity index (χ2v) is 7.16. The van der Waals surface area contributed by atoms with Gasteiger partial charge in [-0.05, 0) is 34.6 Å². The molecule has 1 aromatic rings. The molecule has 1 heterocycles. The Balaban J connectivity index is 0.00000576. The maximum absolute atomic E-state index is 11.9. The van der Waals surface area contributed by atoms with E-state index in [4.69, 9.17) is 4.74 Å². The zero-order chi connectivity index (χ0) is 18.2. The van der Waals surface area contributed by atoms with Crippen LogP contribution in [0.3, 0.4) is 0 Å². The minimum Gasteiger partial charge on any atom is -0.444 e. The summed E-state index contributed by atoms with van der Waals surface area (Å²) in [4.78, 5) is 20.0. The van der Waals surface area contributed by atoms with Gasteiger partial charge in [-0.2, -0.15) is 0 Å². The number of nitrogens with zero attached hydrogens (tertiary/aromatic N) is 3. The van der Waals surface area contributed by atoms with E-state index in [1.165, 1.54) is 0 Å². The van der Waals surface area contributed by atoms with E-state index in [0.717, 1.165) is 13.1 Å². The first kappa shape index (κ1) is 23.5. The number of aliphatic imine (C=N–C) groups is 1. The van der Waals surface area contributed by atoms with Crippen LogP contribution in [-0.2, 0) is 11.3 Å². The van der Waals surface area contributed by atoms with Crippen LogP contribution in [0, 0.1) is 0 Å². The fraction of sp³-hybridized carbons (Fsp3) is 0.688. The number of halogens is 1. The van der Waals surface area contributed by atoms with Gasteiger partial charge < -0.3 is 25.3 Å². The standard InChI is InChI=1S/C16H30N6O2.HI/c1-15(2,3)24-14(23)21-16(4,5)11-20-13(17-6)19-8-10-22-9-7-18-12-22;/h7,9,12H,8,10-11H2,1-6H3,(H,21,23)(H2,17,19,20);1H. The maximum atomic E-state index is 11.9. The molecule has 1 rings (SSSR count). The second kappa shape index (κ2) is 10.5. The highest BCUT2D eigenvalue weighted by molar-refractivity contribution is 14.0. The molecule has 25 heavy (non-hydrogen) atoms. The van der Waals surface area contributed by atoms with Crippen molar-refractivity contribution in [3.05, 3.63) is 18.7 Å². The number of hydrogen-bond acceptors (Lipinski definition) is 4. The predicted molar refractivity (Wildman–Crippen MR) is 110 cm³/mol. The number of nitrogens with one attached hydrogen (secondary N) is 3. The molecule has 0 aliphatic heterocycles. The van der Waals surface area contributed by atoms with E-state index in [2.05, 4.69) is 25.9 Å². The van der Waals surface area contributed by atoms with Crippen molar-refractivity contribution in [1.29, 1.82) is 0 Å². The first-order valence-electron chi connectivity index (χ1n) is 8.03. The Morgan fingerprint density at radius 2 is 1.92 bits per heavy atom. The molecule has 1 amide bonds. The average molecular weight is 466 g/mol. The van der Waals surface area contributed by atoms with Crippen molar-refractivity contribution in [2.24, 2.45) is 4.99 Å². The lowest BCUT2D eigenvalue weighted by atomic mass is 10.1. The van der Waals surface area contributed by atoms with E-state index in [1.54, 1.807) is 19.6 Å². The molecule has 8 nitrogen and oxygen atoms in total. The molecule has 0 radical (unpaired) electrons. The molecule has 0 aliphatic rings. The Bertz CT molecular complexity index is 537. The van der Waals surface area contributed by atoms with Crippen LogP contribution in [0.2, 0.25) is 0 Å². The van der Waals surface area contributed by atoms with Gasteiger partial charge in [-0.15, -0.1) is 24.0 Å². The molecule has 0 unspecified atom stereocenters. The van der Waals surface area contributed by atoms with Crippen molar-refractivity contribution >= 4 is 36.0 Å². The van der Waals surface area contributed by atoms with Gasteiger partial charge >= 0.3 is 6.09 Å². The van der Waals surface area contributed by atoms with Crippen LogP contribution in [0.4, 0.5) is 4.79 Å². The van der Waals surface area contributed by atoms with E-state index in [1.807, 2.05) is 45.4 Å². The summed E-state index contributed by atoms with van der Waals surface area (Å²) in [5.74, 6) is 0.675. The lowest BCUT2D eigenvalue weighted by molar-refractivity contribution is 0.0474. The number of alkyl carbamates (subject to hydrolysis) is 1. The van der Waals surface area contributed by atoms with Crippen LogP contribution in [0.15, 0.2) is 23.7 Å². The normalized spacial score (nSPS) is 12.2. The maximum Gasteiger partial charge on any atom is 0.408 e. The Morgan fingerprint density at radius 3 is 2.44 bits per heavy atom. The number of carbonyl (C=O) groups is 1. The molecule has 0 spiro atoms. The first-order chi connectivity index (χ1) is 11.1. The summed E-state index contributed by atoms with van der Waals surface area (Å²) in [7, 11) is 1.71. The number of imidazole rings is 1. The highest BCUT2D eigenvalue weighted by Gasteiger charge is 2.24. The van der Waals surface area contributed by atoms with Crippen LogP contribution in [-0.4, -0.2) is 52.9 Å². The summed E-state index contributed by atoms with van der Waals surface area (Å²) in [5.41, 5.74) is -0.997. The fourth-order valence-electron chi connectivity index (χ4n) is 1.87. The van der Waals surface area contributed by atoms with Crippen LogP contribution in [0.5, 0.6) is 0 Å². The van der Waals surface area contributed by atoms with Crippen LogP contribution < -0.4 is 16.0 Å². The molecule has 9 heteroatoms. The Kier molecular flexibility index (Phi) is 9.83. The zero-order valence-electron chi connectivity index (χ0n) is 15.9. The molecule has 144 valence electrons. The van der Waals surface area contributed by atoms with Gasteiger partial charge in [-0.3, -0.25) is 4.99 Å². The fourth-order valence-corrected chi connectivity index (χ4v) is 1.87. The molecular formula is C16H31IN6O2. The van der Waals surface area contributed by atoms with Gasteiger partial charge in [0.15, 0.2) is 5.96 Å². The van der Waals surface area contributed by atoms with Gasteiger partial charge in [-0.25, -0.2) is 9.78 Å². The van der Waals surface area contributed by atoms with E-state index >= 15 is 0 Å². The third-order valence-corrected chi connectivity index (χ3v) is 2.98. The number of ether oxygens (including phenoxy) is 1. The van der Waals surface area contributed by atoms with Gasteiger partial charge in [-0.1, -0.05) is 0 Å². The topological polar surface area (TPSA) is 92.6 Å². The smallest absolute Gasteiger partial charge is 0.408 e. The molecule has 3 N–H and O–H groups in total. The third kappa shape index (κ3) is 10.8. The number of guanidine groups is 1. The monoisotopic (exact) mass is 466 g/mol. The second-order valence-electron chi connectivity index (χ2n) is 7.16. The van der Waals surface area contributed by atoms with Gasteiger partial charge in [0.25, 0.3) is 0 Å². The quantitative estimate of drug-likeness (QED) is 0.339. The zero-order valence-corrected chi connectivity index (χ0v) is 18.3. The minimum absolute atomic E-state index is 0. The Hall–Kier alpha value is -1.52. The Morgan fingerprint density at radius 1 is 1.24 bits per heavy atom. The number of carbonyl (C=O) groups excluding carboxylic acids is 1. The molecule has 0 bridgehead atoms. The van der Waals surface area contributed by atoms with Crippen molar-refractivity contribution in [3.8, 4) is 0 Å². The van der Waals surface area contributed by atoms with E-state index < -0.39 is 17.2 Å². The van der Waals surface area contributed by atoms with E-state index in [9.17, 15) is 4.79 Å². The molecule has 0 fully saturated rings. The summed E-state index contributed by atoms with van der Waals surface area (Å²) in [6, 6.07) is 0. The first-order valence-corrected chi connectivity index (χ1v) is 8.03. The summed E-state index contributed by atoms with van der Waals surface area (Å²) < 4.78 is 7.26. The average Bonchev–Trinajstić information content (AvgIpc) is 2.92. The van der Waals surface area contributed by atoms with Crippen LogP contribution >= 0.6 is 24.0 Å². The lowest BCUT2D eigenvalue weighted by Gasteiger charge is -2.29. The number of rotatable bonds is 6. The highest BCUT2D eigenvalue weighted by atomic mass is 127. The number of amides is 1. The Labute approximate surface area is 167 Å². The van der Waals surface area contributed by atoms with Crippen molar-refractivity contribution < 1.29 is 9.53 Å². The number of aromatic nitrogens is 2. The van der Waals surface area contributed by atoms with E-state index in [-0.39, 0.29) is 24.0 Å². The third-order valence-electron chi connectivity index (χ3n) is 2.98. The summed E-state index contributed by atoms with van der Waals surface area (Å²) in [5, 5.41) is 9.27. The van der Waals surface area contributed by atoms with Gasteiger partial charge in [0, 0.05) is 39.1 Å². The lowest BCUT2D eigenvalue weighted by Crippen LogP contribution is -2.54. The van der Waals surface area contributed by atoms with Gasteiger partial charge in [0.2, 0.25) is 0 Å². The van der Waals surface area contributed by atoms with Gasteiger partial charge in [0.05, 0.1) is 11.9 Å². The van der Waals surface area contributed by atoms with Crippen molar-refractivity contribution in [1.82, 2.24) is 25.5 Å². The van der Waals surface area contributed by atoms with Crippen molar-refractivity contribution in [2.75, 3.05) is 20.1 Å². The van der Waals surface area contributed by atoms with Crippen molar-refractivity contribution in [2.45, 2.75) is 52.3 Å². The molecule has 1 aromatic heterocycles. The van der Waals surface area contributed by atoms with Crippen LogP contribution in [0.25, 0.3) is 0 Å². The number of hydrogen-bond donors (Lipinski definition) is 3.